The fraction of sp³-hybridized carbons (Fsp3) is 0.182. The average Bonchev–Trinajstić information content (AvgIpc) is 2.27. The molecule has 0 aliphatic carbocycles. The molecule has 0 spiro atoms. The zero-order valence-electron chi connectivity index (χ0n) is 9.49. The Bertz CT molecular complexity index is 573. The number of aliphatic imine (C=N–C) groups is 1. The van der Waals surface area contributed by atoms with Crippen molar-refractivity contribution in [2.75, 3.05) is 0 Å². The largest absolute Gasteiger partial charge is 0.511 e. The van der Waals surface area contributed by atoms with Crippen LogP contribution in [0.1, 0.15) is 19.4 Å². The van der Waals surface area contributed by atoms with Crippen molar-refractivity contribution in [3.63, 3.8) is 0 Å². The van der Waals surface area contributed by atoms with Gasteiger partial charge in [0.05, 0.1) is 20.2 Å². The monoisotopic (exact) mass is 374 g/mol. The molecule has 0 saturated heterocycles. The van der Waals surface area contributed by atoms with E-state index in [1.165, 1.54) is 6.07 Å². The van der Waals surface area contributed by atoms with Gasteiger partial charge in [0, 0.05) is 5.71 Å². The number of halogens is 2. The van der Waals surface area contributed by atoms with Gasteiger partial charge < -0.3 is 9.84 Å². The van der Waals surface area contributed by atoms with Crippen LogP contribution in [0.15, 0.2) is 20.0 Å². The predicted molar refractivity (Wildman–Crippen MR) is 73.7 cm³/mol. The maximum atomic E-state index is 10.6. The summed E-state index contributed by atoms with van der Waals surface area (Å²) in [6, 6.07) is 3.46. The van der Waals surface area contributed by atoms with E-state index < -0.39 is 6.16 Å². The second kappa shape index (κ2) is 5.98. The Balaban J connectivity index is 3.54. The predicted octanol–water partition coefficient (Wildman–Crippen LogP) is 4.25. The first kappa shape index (κ1) is 14.7. The van der Waals surface area contributed by atoms with Crippen molar-refractivity contribution < 1.29 is 14.6 Å². The van der Waals surface area contributed by atoms with Crippen molar-refractivity contribution in [1.29, 1.82) is 5.26 Å². The van der Waals surface area contributed by atoms with Crippen LogP contribution in [0.3, 0.4) is 0 Å². The molecule has 0 amide bonds. The average molecular weight is 376 g/mol. The number of nitrogens with zero attached hydrogens (tertiary/aromatic N) is 2. The smallest absolute Gasteiger partial charge is 0.449 e. The highest BCUT2D eigenvalue weighted by atomic mass is 79.9. The Morgan fingerprint density at radius 1 is 1.50 bits per heavy atom. The molecule has 0 heterocycles. The van der Waals surface area contributed by atoms with Crippen molar-refractivity contribution in [3.8, 4) is 11.8 Å². The van der Waals surface area contributed by atoms with E-state index in [4.69, 9.17) is 10.4 Å². The molecule has 1 aromatic carbocycles. The molecule has 0 aliphatic heterocycles. The summed E-state index contributed by atoms with van der Waals surface area (Å²) in [5.74, 6) is 0.0708. The molecule has 0 atom stereocenters. The molecule has 5 nitrogen and oxygen atoms in total. The van der Waals surface area contributed by atoms with Gasteiger partial charge in [-0.2, -0.15) is 5.26 Å². The van der Waals surface area contributed by atoms with Crippen LogP contribution in [0.4, 0.5) is 10.5 Å². The van der Waals surface area contributed by atoms with E-state index in [1.54, 1.807) is 13.8 Å². The van der Waals surface area contributed by atoms with Gasteiger partial charge in [0.2, 0.25) is 0 Å². The summed E-state index contributed by atoms with van der Waals surface area (Å²) in [5.41, 5.74) is 1.39. The number of nitriles is 1. The number of ether oxygens (including phenoxy) is 1. The highest BCUT2D eigenvalue weighted by Crippen LogP contribution is 2.42. The van der Waals surface area contributed by atoms with Gasteiger partial charge in [0.1, 0.15) is 6.07 Å². The first-order valence-corrected chi connectivity index (χ1v) is 6.30. The Morgan fingerprint density at radius 2 is 2.11 bits per heavy atom. The molecule has 1 aromatic rings. The molecule has 18 heavy (non-hydrogen) atoms. The van der Waals surface area contributed by atoms with E-state index in [0.29, 0.717) is 20.2 Å². The fourth-order valence-corrected chi connectivity index (χ4v) is 2.56. The first-order valence-electron chi connectivity index (χ1n) is 4.71. The summed E-state index contributed by atoms with van der Waals surface area (Å²) in [5, 5.41) is 17.7. The van der Waals surface area contributed by atoms with E-state index in [1.807, 2.05) is 6.07 Å². The molecule has 0 saturated carbocycles. The van der Waals surface area contributed by atoms with E-state index >= 15 is 0 Å². The number of carboxylic acid groups (broad SMARTS) is 1. The number of benzene rings is 1. The van der Waals surface area contributed by atoms with E-state index in [2.05, 4.69) is 41.6 Å². The van der Waals surface area contributed by atoms with Gasteiger partial charge in [-0.25, -0.2) is 4.79 Å². The molecule has 0 aromatic heterocycles. The summed E-state index contributed by atoms with van der Waals surface area (Å²) < 4.78 is 5.32. The van der Waals surface area contributed by atoms with Crippen molar-refractivity contribution >= 4 is 49.4 Å². The lowest BCUT2D eigenvalue weighted by Gasteiger charge is -2.10. The summed E-state index contributed by atoms with van der Waals surface area (Å²) in [7, 11) is 0. The molecule has 1 N–H and O–H groups in total. The van der Waals surface area contributed by atoms with Gasteiger partial charge in [0.15, 0.2) is 5.75 Å². The van der Waals surface area contributed by atoms with Crippen LogP contribution in [0, 0.1) is 11.3 Å². The van der Waals surface area contributed by atoms with Crippen molar-refractivity contribution in [1.82, 2.24) is 0 Å². The van der Waals surface area contributed by atoms with Gasteiger partial charge in [-0.3, -0.25) is 4.99 Å². The summed E-state index contributed by atoms with van der Waals surface area (Å²) in [6.45, 7) is 3.54. The summed E-state index contributed by atoms with van der Waals surface area (Å²) in [4.78, 5) is 14.8. The molecule has 0 bridgehead atoms. The number of carbonyl (C=O) groups is 1. The topological polar surface area (TPSA) is 82.7 Å². The van der Waals surface area contributed by atoms with Gasteiger partial charge in [-0.1, -0.05) is 0 Å². The van der Waals surface area contributed by atoms with Crippen LogP contribution in [0.25, 0.3) is 0 Å². The maximum absolute atomic E-state index is 10.6. The molecule has 0 fully saturated rings. The highest BCUT2D eigenvalue weighted by molar-refractivity contribution is 9.11. The first-order chi connectivity index (χ1) is 8.36. The molecular weight excluding hydrogens is 368 g/mol. The van der Waals surface area contributed by atoms with Crippen LogP contribution < -0.4 is 4.74 Å². The Morgan fingerprint density at radius 3 is 2.56 bits per heavy atom. The number of hydrogen-bond donors (Lipinski definition) is 1. The Labute approximate surface area is 120 Å². The van der Waals surface area contributed by atoms with E-state index in [9.17, 15) is 4.79 Å². The van der Waals surface area contributed by atoms with E-state index in [-0.39, 0.29) is 5.75 Å². The fourth-order valence-electron chi connectivity index (χ4n) is 1.19. The van der Waals surface area contributed by atoms with Crippen LogP contribution in [0.5, 0.6) is 5.75 Å². The molecule has 0 aliphatic rings. The third kappa shape index (κ3) is 3.31. The Hall–Kier alpha value is -1.39. The standard InChI is InChI=1S/C11H8Br2N2O3/c1-5(2)15-9-6(4-14)3-7(12)10(8(9)13)18-11(16)17/h3H,1-2H3,(H,16,17). The van der Waals surface area contributed by atoms with Gasteiger partial charge in [0.25, 0.3) is 0 Å². The van der Waals surface area contributed by atoms with Crippen molar-refractivity contribution in [3.05, 3.63) is 20.6 Å². The van der Waals surface area contributed by atoms with Crippen LogP contribution in [0.2, 0.25) is 0 Å². The SMILES string of the molecule is CC(C)=Nc1c(C#N)cc(Br)c(OC(=O)O)c1Br. The van der Waals surface area contributed by atoms with Gasteiger partial charge in [-0.05, 0) is 51.8 Å². The molecule has 7 heteroatoms. The van der Waals surface area contributed by atoms with Crippen LogP contribution >= 0.6 is 31.9 Å². The second-order valence-corrected chi connectivity index (χ2v) is 5.08. The lowest BCUT2D eigenvalue weighted by molar-refractivity contribution is 0.144. The van der Waals surface area contributed by atoms with Crippen molar-refractivity contribution in [2.24, 2.45) is 4.99 Å². The quantitative estimate of drug-likeness (QED) is 0.475. The molecule has 94 valence electrons. The van der Waals surface area contributed by atoms with Crippen LogP contribution in [-0.2, 0) is 0 Å². The van der Waals surface area contributed by atoms with Crippen molar-refractivity contribution in [2.45, 2.75) is 13.8 Å². The molecular formula is C11H8Br2N2O3. The summed E-state index contributed by atoms with van der Waals surface area (Å²) in [6.07, 6.45) is -1.44. The number of rotatable bonds is 2. The normalized spacial score (nSPS) is 9.50. The highest BCUT2D eigenvalue weighted by Gasteiger charge is 2.18. The third-order valence-corrected chi connectivity index (χ3v) is 3.12. The lowest BCUT2D eigenvalue weighted by Crippen LogP contribution is -2.04. The zero-order chi connectivity index (χ0) is 13.9. The minimum absolute atomic E-state index is 0.0708. The van der Waals surface area contributed by atoms with Gasteiger partial charge >= 0.3 is 6.16 Å². The third-order valence-electron chi connectivity index (χ3n) is 1.80. The molecule has 1 rings (SSSR count). The van der Waals surface area contributed by atoms with Crippen LogP contribution in [-0.4, -0.2) is 17.0 Å². The maximum Gasteiger partial charge on any atom is 0.511 e. The zero-order valence-corrected chi connectivity index (χ0v) is 12.7. The van der Waals surface area contributed by atoms with Gasteiger partial charge in [-0.15, -0.1) is 0 Å². The number of hydrogen-bond acceptors (Lipinski definition) is 4. The second-order valence-electron chi connectivity index (χ2n) is 3.44. The molecule has 0 radical (unpaired) electrons. The summed E-state index contributed by atoms with van der Waals surface area (Å²) >= 11 is 6.35. The van der Waals surface area contributed by atoms with E-state index in [0.717, 1.165) is 5.71 Å². The minimum atomic E-state index is -1.44. The Kier molecular flexibility index (Phi) is 4.87. The lowest BCUT2D eigenvalue weighted by atomic mass is 10.2. The minimum Gasteiger partial charge on any atom is -0.449 e. The molecule has 0 unspecified atom stereocenters.